The Morgan fingerprint density at radius 3 is 3.18 bits per heavy atom. The Bertz CT molecular complexity index is 407. The zero-order valence-corrected chi connectivity index (χ0v) is 10.9. The summed E-state index contributed by atoms with van der Waals surface area (Å²) >= 11 is 1.75. The number of hydrogen-bond acceptors (Lipinski definition) is 5. The molecule has 2 unspecified atom stereocenters. The van der Waals surface area contributed by atoms with E-state index in [1.54, 1.807) is 11.3 Å². The van der Waals surface area contributed by atoms with Crippen LogP contribution >= 0.6 is 11.3 Å². The Hall–Kier alpha value is -0.650. The Morgan fingerprint density at radius 2 is 2.41 bits per heavy atom. The number of fused-ring (bicyclic) bond motifs is 1. The number of aryl methyl sites for hydroxylation is 1. The van der Waals surface area contributed by atoms with Gasteiger partial charge >= 0.3 is 0 Å². The van der Waals surface area contributed by atoms with E-state index in [9.17, 15) is 5.11 Å². The third-order valence-corrected chi connectivity index (χ3v) is 4.69. The summed E-state index contributed by atoms with van der Waals surface area (Å²) in [6.45, 7) is 4.61. The molecule has 2 atom stereocenters. The van der Waals surface area contributed by atoms with Gasteiger partial charge in [0.1, 0.15) is 0 Å². The van der Waals surface area contributed by atoms with Crippen LogP contribution in [-0.4, -0.2) is 35.9 Å². The van der Waals surface area contributed by atoms with Crippen molar-refractivity contribution in [3.8, 4) is 0 Å². The van der Waals surface area contributed by atoms with Crippen LogP contribution in [0.2, 0.25) is 0 Å². The van der Waals surface area contributed by atoms with Gasteiger partial charge in [0.05, 0.1) is 31.1 Å². The van der Waals surface area contributed by atoms with Crippen molar-refractivity contribution in [1.29, 1.82) is 0 Å². The minimum absolute atomic E-state index is 0.347. The molecule has 2 heterocycles. The summed E-state index contributed by atoms with van der Waals surface area (Å²) in [7, 11) is 0. The molecule has 0 spiro atoms. The molecule has 1 N–H and O–H groups in total. The van der Waals surface area contributed by atoms with Gasteiger partial charge < -0.3 is 14.7 Å². The van der Waals surface area contributed by atoms with E-state index < -0.39 is 0 Å². The fourth-order valence-corrected chi connectivity index (χ4v) is 3.80. The number of aromatic nitrogens is 1. The van der Waals surface area contributed by atoms with Gasteiger partial charge in [-0.3, -0.25) is 0 Å². The third-order valence-electron chi connectivity index (χ3n) is 3.53. The zero-order chi connectivity index (χ0) is 11.8. The molecule has 0 radical (unpaired) electrons. The molecule has 0 amide bonds. The van der Waals surface area contributed by atoms with Crippen LogP contribution < -0.4 is 4.90 Å². The van der Waals surface area contributed by atoms with Crippen LogP contribution in [0.15, 0.2) is 0 Å². The number of aliphatic hydroxyl groups is 1. The van der Waals surface area contributed by atoms with Crippen LogP contribution in [-0.2, 0) is 11.2 Å². The number of aliphatic hydroxyl groups excluding tert-OH is 1. The van der Waals surface area contributed by atoms with Crippen molar-refractivity contribution in [2.45, 2.75) is 38.3 Å². The molecule has 1 saturated heterocycles. The highest BCUT2D eigenvalue weighted by atomic mass is 32.1. The predicted molar refractivity (Wildman–Crippen MR) is 67.6 cm³/mol. The summed E-state index contributed by atoms with van der Waals surface area (Å²) in [5.41, 5.74) is 0.926. The molecule has 1 aliphatic heterocycles. The van der Waals surface area contributed by atoms with Crippen LogP contribution in [0.4, 0.5) is 5.13 Å². The van der Waals surface area contributed by atoms with Crippen molar-refractivity contribution < 1.29 is 9.84 Å². The lowest BCUT2D eigenvalue weighted by molar-refractivity contribution is 0.0988. The molecule has 5 heteroatoms. The first-order valence-corrected chi connectivity index (χ1v) is 7.09. The molecule has 94 valence electrons. The maximum atomic E-state index is 9.94. The van der Waals surface area contributed by atoms with Gasteiger partial charge in [-0.05, 0) is 26.2 Å². The maximum Gasteiger partial charge on any atom is 0.186 e. The lowest BCUT2D eigenvalue weighted by atomic mass is 10.0. The average molecular weight is 254 g/mol. The minimum atomic E-state index is -0.347. The molecule has 4 nitrogen and oxygen atoms in total. The largest absolute Gasteiger partial charge is 0.387 e. The first-order chi connectivity index (χ1) is 8.25. The maximum absolute atomic E-state index is 9.94. The first kappa shape index (κ1) is 11.4. The van der Waals surface area contributed by atoms with Gasteiger partial charge in [0.25, 0.3) is 0 Å². The smallest absolute Gasteiger partial charge is 0.186 e. The minimum Gasteiger partial charge on any atom is -0.387 e. The zero-order valence-electron chi connectivity index (χ0n) is 10.1. The van der Waals surface area contributed by atoms with Crippen LogP contribution in [0.3, 0.4) is 0 Å². The molecule has 3 rings (SSSR count). The van der Waals surface area contributed by atoms with Gasteiger partial charge in [0.15, 0.2) is 5.13 Å². The van der Waals surface area contributed by atoms with E-state index in [1.165, 1.54) is 4.88 Å². The third kappa shape index (κ3) is 2.07. The molecule has 1 aromatic rings. The highest BCUT2D eigenvalue weighted by Crippen LogP contribution is 2.37. The van der Waals surface area contributed by atoms with Crippen LogP contribution in [0.25, 0.3) is 0 Å². The Balaban J connectivity index is 1.88. The molecule has 0 bridgehead atoms. The van der Waals surface area contributed by atoms with Crippen LogP contribution in [0, 0.1) is 0 Å². The molecule has 1 aromatic heterocycles. The molecular weight excluding hydrogens is 236 g/mol. The predicted octanol–water partition coefficient (Wildman–Crippen LogP) is 1.74. The van der Waals surface area contributed by atoms with Crippen molar-refractivity contribution in [1.82, 2.24) is 4.98 Å². The lowest BCUT2D eigenvalue weighted by Gasteiger charge is -2.32. The number of thiazole rings is 1. The fourth-order valence-electron chi connectivity index (χ4n) is 2.52. The van der Waals surface area contributed by atoms with Crippen molar-refractivity contribution in [3.05, 3.63) is 10.6 Å². The quantitative estimate of drug-likeness (QED) is 0.829. The number of nitrogens with zero attached hydrogens (tertiary/aromatic N) is 2. The summed E-state index contributed by atoms with van der Waals surface area (Å²) in [6.07, 6.45) is 2.66. The first-order valence-electron chi connectivity index (χ1n) is 6.28. The summed E-state index contributed by atoms with van der Waals surface area (Å²) in [5.74, 6) is 0. The normalized spacial score (nSPS) is 29.2. The topological polar surface area (TPSA) is 45.6 Å². The molecule has 1 aliphatic carbocycles. The summed E-state index contributed by atoms with van der Waals surface area (Å²) in [4.78, 5) is 8.22. The van der Waals surface area contributed by atoms with Gasteiger partial charge in [-0.2, -0.15) is 0 Å². The van der Waals surface area contributed by atoms with Gasteiger partial charge in [0.2, 0.25) is 0 Å². The Morgan fingerprint density at radius 1 is 1.53 bits per heavy atom. The van der Waals surface area contributed by atoms with Gasteiger partial charge in [-0.15, -0.1) is 11.3 Å². The second kappa shape index (κ2) is 4.55. The second-order valence-electron chi connectivity index (χ2n) is 4.83. The van der Waals surface area contributed by atoms with Gasteiger partial charge in [-0.1, -0.05) is 0 Å². The fraction of sp³-hybridized carbons (Fsp3) is 0.750. The SMILES string of the molecule is CC1COCCN1c1nc2c(s1)CCCC2O. The highest BCUT2D eigenvalue weighted by Gasteiger charge is 2.27. The van der Waals surface area contributed by atoms with E-state index in [0.29, 0.717) is 6.04 Å². The molecule has 1 fully saturated rings. The van der Waals surface area contributed by atoms with E-state index in [-0.39, 0.29) is 6.10 Å². The number of morpholine rings is 1. The molecule has 0 aromatic carbocycles. The van der Waals surface area contributed by atoms with E-state index in [2.05, 4.69) is 16.8 Å². The van der Waals surface area contributed by atoms with Crippen molar-refractivity contribution >= 4 is 16.5 Å². The van der Waals surface area contributed by atoms with Crippen LogP contribution in [0.5, 0.6) is 0 Å². The Labute approximate surface area is 105 Å². The van der Waals surface area contributed by atoms with Gasteiger partial charge in [0, 0.05) is 11.4 Å². The van der Waals surface area contributed by atoms with Gasteiger partial charge in [-0.25, -0.2) is 4.98 Å². The van der Waals surface area contributed by atoms with Crippen molar-refractivity contribution in [3.63, 3.8) is 0 Å². The molecule has 17 heavy (non-hydrogen) atoms. The molecule has 0 saturated carbocycles. The summed E-state index contributed by atoms with van der Waals surface area (Å²) < 4.78 is 5.44. The van der Waals surface area contributed by atoms with E-state index in [0.717, 1.165) is 49.8 Å². The molecular formula is C12H18N2O2S. The lowest BCUT2D eigenvalue weighted by Crippen LogP contribution is -2.43. The molecule has 2 aliphatic rings. The number of ether oxygens (including phenoxy) is 1. The number of anilines is 1. The van der Waals surface area contributed by atoms with Crippen LogP contribution in [0.1, 0.15) is 36.4 Å². The standard InChI is InChI=1S/C12H18N2O2S/c1-8-7-16-6-5-14(8)12-13-11-9(15)3-2-4-10(11)17-12/h8-9,15H,2-7H2,1H3. The number of hydrogen-bond donors (Lipinski definition) is 1. The van der Waals surface area contributed by atoms with Crippen molar-refractivity contribution in [2.24, 2.45) is 0 Å². The summed E-state index contributed by atoms with van der Waals surface area (Å²) in [6, 6.07) is 0.383. The number of rotatable bonds is 1. The van der Waals surface area contributed by atoms with E-state index in [1.807, 2.05) is 0 Å². The van der Waals surface area contributed by atoms with E-state index in [4.69, 9.17) is 4.74 Å². The van der Waals surface area contributed by atoms with E-state index >= 15 is 0 Å². The Kier molecular flexibility index (Phi) is 3.06. The second-order valence-corrected chi connectivity index (χ2v) is 5.89. The average Bonchev–Trinajstić information content (AvgIpc) is 2.75. The van der Waals surface area contributed by atoms with Crippen molar-refractivity contribution in [2.75, 3.05) is 24.7 Å². The monoisotopic (exact) mass is 254 g/mol. The highest BCUT2D eigenvalue weighted by molar-refractivity contribution is 7.15. The summed E-state index contributed by atoms with van der Waals surface area (Å²) in [5, 5.41) is 11.0.